The lowest BCUT2D eigenvalue weighted by Gasteiger charge is -2.52. The van der Waals surface area contributed by atoms with E-state index in [-0.39, 0.29) is 17.8 Å². The van der Waals surface area contributed by atoms with Crippen LogP contribution in [0.25, 0.3) is 0 Å². The Morgan fingerprint density at radius 1 is 1.46 bits per heavy atom. The minimum absolute atomic E-state index is 0.0807. The third kappa shape index (κ3) is 4.69. The molecule has 0 spiro atoms. The van der Waals surface area contributed by atoms with E-state index >= 15 is 0 Å². The quantitative estimate of drug-likeness (QED) is 0.410. The van der Waals surface area contributed by atoms with Gasteiger partial charge in [0.05, 0.1) is 5.60 Å². The van der Waals surface area contributed by atoms with Crippen LogP contribution in [-0.2, 0) is 16.0 Å². The molecule has 1 unspecified atom stereocenters. The van der Waals surface area contributed by atoms with Gasteiger partial charge in [0.1, 0.15) is 6.10 Å². The van der Waals surface area contributed by atoms with Crippen molar-refractivity contribution >= 4 is 17.3 Å². The lowest BCUT2D eigenvalue weighted by Crippen LogP contribution is -2.56. The number of nitrogens with one attached hydrogen (secondary N) is 1. The van der Waals surface area contributed by atoms with E-state index in [9.17, 15) is 9.90 Å². The Bertz CT molecular complexity index is 686. The highest BCUT2D eigenvalue weighted by molar-refractivity contribution is 7.09. The average molecular weight is 405 g/mol. The molecule has 1 saturated carbocycles. The summed E-state index contributed by atoms with van der Waals surface area (Å²) in [6.07, 6.45) is 6.83. The Labute approximate surface area is 173 Å². The van der Waals surface area contributed by atoms with Gasteiger partial charge in [0.15, 0.2) is 0 Å². The van der Waals surface area contributed by atoms with E-state index in [0.29, 0.717) is 11.8 Å². The van der Waals surface area contributed by atoms with Gasteiger partial charge in [0.2, 0.25) is 0 Å². The maximum Gasteiger partial charge on any atom is 0.303 e. The molecule has 0 bridgehead atoms. The van der Waals surface area contributed by atoms with Crippen LogP contribution in [0.5, 0.6) is 0 Å². The second kappa shape index (κ2) is 9.10. The molecule has 1 aromatic heterocycles. The topological polar surface area (TPSA) is 58.6 Å². The molecule has 28 heavy (non-hydrogen) atoms. The predicted octanol–water partition coefficient (Wildman–Crippen LogP) is 4.01. The van der Waals surface area contributed by atoms with E-state index in [0.717, 1.165) is 37.9 Å². The van der Waals surface area contributed by atoms with Crippen LogP contribution in [0.4, 0.5) is 0 Å². The number of thiophene rings is 1. The van der Waals surface area contributed by atoms with Crippen LogP contribution in [0.1, 0.15) is 45.4 Å². The summed E-state index contributed by atoms with van der Waals surface area (Å²) in [5, 5.41) is 17.3. The summed E-state index contributed by atoms with van der Waals surface area (Å²) in [6, 6.07) is 4.29. The van der Waals surface area contributed by atoms with Gasteiger partial charge in [-0.1, -0.05) is 26.0 Å². The van der Waals surface area contributed by atoms with E-state index in [1.807, 2.05) is 24.7 Å². The Morgan fingerprint density at radius 3 is 2.93 bits per heavy atom. The molecule has 5 heteroatoms. The van der Waals surface area contributed by atoms with Crippen molar-refractivity contribution in [3.8, 4) is 0 Å². The fraction of sp³-hybridized carbons (Fsp3) is 0.652. The molecule has 0 amide bonds. The average Bonchev–Trinajstić information content (AvgIpc) is 3.14. The van der Waals surface area contributed by atoms with Gasteiger partial charge in [0.25, 0.3) is 0 Å². The first-order valence-corrected chi connectivity index (χ1v) is 11.4. The van der Waals surface area contributed by atoms with Gasteiger partial charge in [-0.2, -0.15) is 0 Å². The molecule has 0 saturated heterocycles. The lowest BCUT2D eigenvalue weighted by atomic mass is 9.57. The minimum Gasteiger partial charge on any atom is -0.458 e. The van der Waals surface area contributed by atoms with Crippen LogP contribution in [-0.4, -0.2) is 35.9 Å². The van der Waals surface area contributed by atoms with Crippen LogP contribution < -0.4 is 5.32 Å². The fourth-order valence-electron chi connectivity index (χ4n) is 4.90. The molecule has 3 rings (SSSR count). The largest absolute Gasteiger partial charge is 0.458 e. The Kier molecular flexibility index (Phi) is 7.00. The number of carbonyl (C=O) groups excluding carboxylic acids is 1. The summed E-state index contributed by atoms with van der Waals surface area (Å²) in [5.74, 6) is 0.821. The van der Waals surface area contributed by atoms with Gasteiger partial charge in [-0.25, -0.2) is 0 Å². The van der Waals surface area contributed by atoms with Crippen LogP contribution in [0.2, 0.25) is 0 Å². The lowest BCUT2D eigenvalue weighted by molar-refractivity contribution is -0.148. The minimum atomic E-state index is -0.909. The number of esters is 1. The normalized spacial score (nSPS) is 33.7. The zero-order chi connectivity index (χ0) is 20.3. The van der Waals surface area contributed by atoms with Crippen LogP contribution in [0, 0.1) is 30.1 Å². The monoisotopic (exact) mass is 404 g/mol. The Balaban J connectivity index is 1.64. The highest BCUT2D eigenvalue weighted by Crippen LogP contribution is 2.50. The molecule has 155 valence electrons. The molecule has 2 aliphatic carbocycles. The molecule has 4 nitrogen and oxygen atoms in total. The highest BCUT2D eigenvalue weighted by atomic mass is 32.1. The van der Waals surface area contributed by atoms with Gasteiger partial charge in [-0.3, -0.25) is 4.79 Å². The van der Waals surface area contributed by atoms with E-state index in [2.05, 4.69) is 42.8 Å². The number of fused-ring (bicyclic) bond motifs is 1. The summed E-state index contributed by atoms with van der Waals surface area (Å²) < 4.78 is 5.44. The molecule has 1 aromatic rings. The van der Waals surface area contributed by atoms with Crippen molar-refractivity contribution in [1.29, 1.82) is 0 Å². The molecule has 0 aromatic carbocycles. The van der Waals surface area contributed by atoms with E-state index < -0.39 is 11.7 Å². The van der Waals surface area contributed by atoms with Gasteiger partial charge in [-0.05, 0) is 74.0 Å². The molecule has 2 aliphatic rings. The molecular formula is C23H34NO3S. The number of rotatable bonds is 7. The molecular weight excluding hydrogens is 370 g/mol. The van der Waals surface area contributed by atoms with Gasteiger partial charge < -0.3 is 15.2 Å². The van der Waals surface area contributed by atoms with E-state index in [1.165, 1.54) is 11.8 Å². The van der Waals surface area contributed by atoms with Crippen LogP contribution in [0.3, 0.4) is 0 Å². The predicted molar refractivity (Wildman–Crippen MR) is 114 cm³/mol. The molecule has 1 radical (unpaired) electrons. The molecule has 1 heterocycles. The van der Waals surface area contributed by atoms with Crippen molar-refractivity contribution in [2.24, 2.45) is 23.7 Å². The molecule has 0 aliphatic heterocycles. The van der Waals surface area contributed by atoms with Crippen LogP contribution >= 0.6 is 11.3 Å². The SMILES string of the molecule is CC(=O)O[C@@H]1[CH][C@@]2(O)[C@H](C)CC[C@@H](C(C)CNCCc3cccs3)[C@H]2C=C1C. The standard InChI is InChI=1S/C23H34NO3S/c1-15-12-21-20(16(2)14-24-10-9-19-6-5-11-28-19)8-7-17(3)23(21,26)13-22(15)27-18(4)25/h5-6,11-13,16-17,20-22,24,26H,7-10,14H2,1-4H3/t16?,17-,20+,21-,22-,23-/m1/s1. The maximum atomic E-state index is 11.6. The van der Waals surface area contributed by atoms with Crippen molar-refractivity contribution in [3.05, 3.63) is 40.5 Å². The van der Waals surface area contributed by atoms with Crippen molar-refractivity contribution in [2.45, 2.75) is 58.7 Å². The van der Waals surface area contributed by atoms with Crippen molar-refractivity contribution in [2.75, 3.05) is 13.1 Å². The van der Waals surface area contributed by atoms with Crippen molar-refractivity contribution in [3.63, 3.8) is 0 Å². The smallest absolute Gasteiger partial charge is 0.303 e. The fourth-order valence-corrected chi connectivity index (χ4v) is 5.61. The summed E-state index contributed by atoms with van der Waals surface area (Å²) in [7, 11) is 0. The van der Waals surface area contributed by atoms with Crippen molar-refractivity contribution in [1.82, 2.24) is 5.32 Å². The number of ether oxygens (including phenoxy) is 1. The van der Waals surface area contributed by atoms with Gasteiger partial charge in [-0.15, -0.1) is 11.3 Å². The zero-order valence-corrected chi connectivity index (χ0v) is 18.3. The second-order valence-corrected chi connectivity index (χ2v) is 9.71. The molecule has 6 atom stereocenters. The zero-order valence-electron chi connectivity index (χ0n) is 17.5. The number of hydrogen-bond donors (Lipinski definition) is 2. The first-order chi connectivity index (χ1) is 13.3. The number of aliphatic hydroxyl groups is 1. The number of carbonyl (C=O) groups is 1. The second-order valence-electron chi connectivity index (χ2n) is 8.67. The first kappa shape index (κ1) is 21.5. The highest BCUT2D eigenvalue weighted by Gasteiger charge is 2.52. The third-order valence-electron chi connectivity index (χ3n) is 6.65. The Hall–Kier alpha value is -1.17. The third-order valence-corrected chi connectivity index (χ3v) is 7.58. The Morgan fingerprint density at radius 2 is 2.25 bits per heavy atom. The summed E-state index contributed by atoms with van der Waals surface area (Å²) in [5.41, 5.74) is 0.121. The van der Waals surface area contributed by atoms with E-state index in [4.69, 9.17) is 4.74 Å². The first-order valence-electron chi connectivity index (χ1n) is 10.5. The summed E-state index contributed by atoms with van der Waals surface area (Å²) in [6.45, 7) is 9.78. The number of hydrogen-bond acceptors (Lipinski definition) is 5. The van der Waals surface area contributed by atoms with Crippen LogP contribution in [0.15, 0.2) is 29.2 Å². The maximum absolute atomic E-state index is 11.6. The summed E-state index contributed by atoms with van der Waals surface area (Å²) in [4.78, 5) is 12.9. The molecule has 1 fully saturated rings. The van der Waals surface area contributed by atoms with Crippen molar-refractivity contribution < 1.29 is 14.6 Å². The van der Waals surface area contributed by atoms with E-state index in [1.54, 1.807) is 0 Å². The molecule has 2 N–H and O–H groups in total. The van der Waals surface area contributed by atoms with Gasteiger partial charge in [0, 0.05) is 24.1 Å². The van der Waals surface area contributed by atoms with Gasteiger partial charge >= 0.3 is 5.97 Å². The summed E-state index contributed by atoms with van der Waals surface area (Å²) >= 11 is 1.81.